The molecule has 0 aromatic heterocycles. The first-order valence-electron chi connectivity index (χ1n) is 8.79. The lowest BCUT2D eigenvalue weighted by molar-refractivity contribution is -0.182. The minimum Gasteiger partial charge on any atom is -0.396 e. The van der Waals surface area contributed by atoms with E-state index in [9.17, 15) is 5.11 Å². The highest BCUT2D eigenvalue weighted by molar-refractivity contribution is 5.47. The molecule has 3 heteroatoms. The van der Waals surface area contributed by atoms with Gasteiger partial charge in [-0.15, -0.1) is 0 Å². The normalized spacial score (nSPS) is 12.7. The van der Waals surface area contributed by atoms with Crippen LogP contribution in [0.4, 0.5) is 0 Å². The largest absolute Gasteiger partial charge is 0.396 e. The summed E-state index contributed by atoms with van der Waals surface area (Å²) in [5, 5.41) is 9.42. The van der Waals surface area contributed by atoms with Crippen LogP contribution < -0.4 is 0 Å². The van der Waals surface area contributed by atoms with E-state index < -0.39 is 11.9 Å². The quantitative estimate of drug-likeness (QED) is 0.486. The first-order valence-corrected chi connectivity index (χ1v) is 8.79. The number of methoxy groups -OCH3 is 1. The summed E-state index contributed by atoms with van der Waals surface area (Å²) in [5.41, 5.74) is 2.20. The van der Waals surface area contributed by atoms with Crippen molar-refractivity contribution in [3.63, 3.8) is 0 Å². The van der Waals surface area contributed by atoms with Crippen LogP contribution in [-0.4, -0.2) is 25.1 Å². The zero-order valence-electron chi connectivity index (χ0n) is 14.9. The summed E-state index contributed by atoms with van der Waals surface area (Å²) < 4.78 is 12.1. The smallest absolute Gasteiger partial charge is 0.161 e. The number of hydrogen-bond acceptors (Lipinski definition) is 3. The summed E-state index contributed by atoms with van der Waals surface area (Å²) in [7, 11) is 1.60. The average Bonchev–Trinajstić information content (AvgIpc) is 2.73. The molecule has 0 spiro atoms. The Kier molecular flexibility index (Phi) is 6.18. The molecule has 3 rings (SSSR count). The van der Waals surface area contributed by atoms with Crippen LogP contribution in [0.5, 0.6) is 0 Å². The highest BCUT2D eigenvalue weighted by Crippen LogP contribution is 2.41. The van der Waals surface area contributed by atoms with E-state index in [2.05, 4.69) is 36.4 Å². The van der Waals surface area contributed by atoms with E-state index in [0.717, 1.165) is 16.7 Å². The van der Waals surface area contributed by atoms with Crippen molar-refractivity contribution < 1.29 is 14.6 Å². The van der Waals surface area contributed by atoms with Gasteiger partial charge in [0.1, 0.15) is 5.60 Å². The Morgan fingerprint density at radius 3 is 1.42 bits per heavy atom. The van der Waals surface area contributed by atoms with E-state index in [4.69, 9.17) is 9.47 Å². The molecule has 0 amide bonds. The predicted octanol–water partition coefficient (Wildman–Crippen LogP) is 4.35. The first-order chi connectivity index (χ1) is 12.8. The highest BCUT2D eigenvalue weighted by atomic mass is 16.7. The van der Waals surface area contributed by atoms with Crippen LogP contribution in [0, 0.1) is 0 Å². The Labute approximate surface area is 154 Å². The Morgan fingerprint density at radius 1 is 0.731 bits per heavy atom. The van der Waals surface area contributed by atoms with Crippen LogP contribution in [0.15, 0.2) is 91.0 Å². The van der Waals surface area contributed by atoms with E-state index in [1.165, 1.54) is 0 Å². The van der Waals surface area contributed by atoms with E-state index in [0.29, 0.717) is 6.42 Å². The van der Waals surface area contributed by atoms with Crippen molar-refractivity contribution in [2.24, 2.45) is 0 Å². The van der Waals surface area contributed by atoms with Crippen LogP contribution >= 0.6 is 0 Å². The fourth-order valence-corrected chi connectivity index (χ4v) is 3.25. The lowest BCUT2D eigenvalue weighted by Crippen LogP contribution is -2.38. The Morgan fingerprint density at radius 2 is 1.12 bits per heavy atom. The van der Waals surface area contributed by atoms with Gasteiger partial charge in [0, 0.05) is 20.1 Å². The first kappa shape index (κ1) is 18.3. The molecule has 134 valence electrons. The zero-order valence-corrected chi connectivity index (χ0v) is 14.9. The fourth-order valence-electron chi connectivity index (χ4n) is 3.25. The maximum absolute atomic E-state index is 9.42. The summed E-state index contributed by atoms with van der Waals surface area (Å²) in [6.45, 7) is -0.00699. The van der Waals surface area contributed by atoms with Gasteiger partial charge >= 0.3 is 0 Å². The van der Waals surface area contributed by atoms with Crippen molar-refractivity contribution in [1.29, 1.82) is 0 Å². The fraction of sp³-hybridized carbons (Fsp3) is 0.217. The average molecular weight is 348 g/mol. The molecule has 0 radical (unpaired) electrons. The summed E-state index contributed by atoms with van der Waals surface area (Å²) in [6, 6.07) is 30.4. The Balaban J connectivity index is 2.24. The van der Waals surface area contributed by atoms with Crippen LogP contribution in [0.1, 0.15) is 23.1 Å². The van der Waals surface area contributed by atoms with Gasteiger partial charge in [0.05, 0.1) is 0 Å². The van der Waals surface area contributed by atoms with Crippen molar-refractivity contribution in [3.8, 4) is 0 Å². The van der Waals surface area contributed by atoms with Crippen LogP contribution in [0.2, 0.25) is 0 Å². The zero-order chi connectivity index (χ0) is 18.2. The molecule has 0 heterocycles. The molecule has 1 unspecified atom stereocenters. The molecule has 0 aliphatic rings. The minimum absolute atomic E-state index is 0.00699. The standard InChI is InChI=1S/C23H24O3/c1-25-22(17-18-24)26-23(19-11-5-2-6-12-19,20-13-7-3-8-14-20)21-15-9-4-10-16-21/h2-16,22,24H,17-18H2,1H3. The number of hydrogen-bond donors (Lipinski definition) is 1. The lowest BCUT2D eigenvalue weighted by atomic mass is 9.80. The number of aliphatic hydroxyl groups is 1. The van der Waals surface area contributed by atoms with Gasteiger partial charge in [-0.2, -0.15) is 0 Å². The van der Waals surface area contributed by atoms with E-state index in [1.807, 2.05) is 54.6 Å². The third-order valence-corrected chi connectivity index (χ3v) is 4.48. The van der Waals surface area contributed by atoms with Crippen molar-refractivity contribution in [2.75, 3.05) is 13.7 Å². The maximum Gasteiger partial charge on any atom is 0.161 e. The molecule has 26 heavy (non-hydrogen) atoms. The number of ether oxygens (including phenoxy) is 2. The monoisotopic (exact) mass is 348 g/mol. The molecule has 3 aromatic carbocycles. The van der Waals surface area contributed by atoms with Crippen molar-refractivity contribution >= 4 is 0 Å². The lowest BCUT2D eigenvalue weighted by Gasteiger charge is -2.38. The molecular formula is C23H24O3. The Bertz CT molecular complexity index is 676. The molecule has 0 saturated carbocycles. The molecule has 0 bridgehead atoms. The van der Waals surface area contributed by atoms with Gasteiger partial charge in [-0.05, 0) is 16.7 Å². The topological polar surface area (TPSA) is 38.7 Å². The van der Waals surface area contributed by atoms with Gasteiger partial charge in [-0.1, -0.05) is 91.0 Å². The SMILES string of the molecule is COC(CCO)OC(c1ccccc1)(c1ccccc1)c1ccccc1. The van der Waals surface area contributed by atoms with Crippen LogP contribution in [0.25, 0.3) is 0 Å². The molecule has 0 aliphatic carbocycles. The van der Waals surface area contributed by atoms with Gasteiger partial charge in [0.2, 0.25) is 0 Å². The number of rotatable bonds is 8. The van der Waals surface area contributed by atoms with E-state index in [1.54, 1.807) is 7.11 Å². The second-order valence-corrected chi connectivity index (χ2v) is 6.07. The van der Waals surface area contributed by atoms with Crippen molar-refractivity contribution in [3.05, 3.63) is 108 Å². The Hall–Kier alpha value is -2.46. The van der Waals surface area contributed by atoms with Gasteiger partial charge in [0.25, 0.3) is 0 Å². The van der Waals surface area contributed by atoms with Gasteiger partial charge < -0.3 is 14.6 Å². The molecule has 3 nitrogen and oxygen atoms in total. The molecule has 1 N–H and O–H groups in total. The molecule has 0 aliphatic heterocycles. The predicted molar refractivity (Wildman–Crippen MR) is 103 cm³/mol. The minimum atomic E-state index is -0.834. The van der Waals surface area contributed by atoms with Crippen molar-refractivity contribution in [1.82, 2.24) is 0 Å². The van der Waals surface area contributed by atoms with Crippen molar-refractivity contribution in [2.45, 2.75) is 18.3 Å². The summed E-state index contributed by atoms with van der Waals surface area (Å²) in [5.74, 6) is 0. The van der Waals surface area contributed by atoms with Crippen LogP contribution in [0.3, 0.4) is 0 Å². The second kappa shape index (κ2) is 8.77. The molecular weight excluding hydrogens is 324 g/mol. The summed E-state index contributed by atoms with van der Waals surface area (Å²) >= 11 is 0. The maximum atomic E-state index is 9.42. The summed E-state index contributed by atoms with van der Waals surface area (Å²) in [4.78, 5) is 0. The number of aliphatic hydroxyl groups excluding tert-OH is 1. The van der Waals surface area contributed by atoms with Crippen LogP contribution in [-0.2, 0) is 15.1 Å². The van der Waals surface area contributed by atoms with Gasteiger partial charge in [-0.3, -0.25) is 0 Å². The summed E-state index contributed by atoms with van der Waals surface area (Å²) in [6.07, 6.45) is -0.147. The van der Waals surface area contributed by atoms with Gasteiger partial charge in [-0.25, -0.2) is 0 Å². The molecule has 1 atom stereocenters. The second-order valence-electron chi connectivity index (χ2n) is 6.07. The highest BCUT2D eigenvalue weighted by Gasteiger charge is 2.39. The molecule has 0 saturated heterocycles. The molecule has 3 aromatic rings. The molecule has 0 fully saturated rings. The third kappa shape index (κ3) is 3.70. The third-order valence-electron chi connectivity index (χ3n) is 4.48. The van der Waals surface area contributed by atoms with Gasteiger partial charge in [0.15, 0.2) is 6.29 Å². The van der Waals surface area contributed by atoms with E-state index >= 15 is 0 Å². The van der Waals surface area contributed by atoms with E-state index in [-0.39, 0.29) is 6.61 Å². The number of benzene rings is 3.